The summed E-state index contributed by atoms with van der Waals surface area (Å²) in [4.78, 5) is 16.2. The van der Waals surface area contributed by atoms with E-state index in [-0.39, 0.29) is 4.21 Å². The Morgan fingerprint density at radius 1 is 1.45 bits per heavy atom. The molecule has 1 aliphatic rings. The van der Waals surface area contributed by atoms with Crippen molar-refractivity contribution >= 4 is 27.3 Å². The number of hydrogen-bond donors (Lipinski definition) is 1. The Morgan fingerprint density at radius 3 is 2.91 bits per heavy atom. The molecule has 2 aromatic rings. The first-order valence-electron chi connectivity index (χ1n) is 6.91. The van der Waals surface area contributed by atoms with Gasteiger partial charge in [-0.3, -0.25) is 9.48 Å². The molecule has 3 rings (SSSR count). The lowest BCUT2D eigenvalue weighted by Crippen LogP contribution is -2.31. The van der Waals surface area contributed by atoms with Crippen molar-refractivity contribution in [3.63, 3.8) is 0 Å². The van der Waals surface area contributed by atoms with Crippen molar-refractivity contribution in [2.24, 2.45) is 5.92 Å². The standard InChI is InChI=1S/C13H16N4O3S2/c1-8-3-4-17-11(5-8)10(6-15-17)13(18)16-22(19,20)12-7-14-9(2)21-12/h6-8H,3-5H2,1-2H3,(H,16,18)/t8-/m0/s1. The molecule has 0 saturated heterocycles. The number of amides is 1. The van der Waals surface area contributed by atoms with Crippen molar-refractivity contribution < 1.29 is 13.2 Å². The van der Waals surface area contributed by atoms with Gasteiger partial charge in [0.25, 0.3) is 15.9 Å². The number of sulfonamides is 1. The third-order valence-electron chi connectivity index (χ3n) is 3.66. The highest BCUT2D eigenvalue weighted by molar-refractivity contribution is 7.92. The van der Waals surface area contributed by atoms with E-state index in [1.165, 1.54) is 12.4 Å². The first kappa shape index (κ1) is 15.2. The lowest BCUT2D eigenvalue weighted by molar-refractivity contribution is 0.0980. The van der Waals surface area contributed by atoms with E-state index in [0.29, 0.717) is 16.5 Å². The third-order valence-corrected chi connectivity index (χ3v) is 6.37. The van der Waals surface area contributed by atoms with Crippen molar-refractivity contribution in [1.82, 2.24) is 19.5 Å². The molecule has 1 aliphatic heterocycles. The van der Waals surface area contributed by atoms with Gasteiger partial charge in [0.1, 0.15) is 0 Å². The number of aryl methyl sites for hydroxylation is 2. The van der Waals surface area contributed by atoms with Gasteiger partial charge in [-0.2, -0.15) is 5.10 Å². The Labute approximate surface area is 132 Å². The smallest absolute Gasteiger partial charge is 0.269 e. The van der Waals surface area contributed by atoms with Crippen molar-refractivity contribution in [2.75, 3.05) is 0 Å². The van der Waals surface area contributed by atoms with Crippen molar-refractivity contribution in [3.05, 3.63) is 28.7 Å². The third kappa shape index (κ3) is 2.78. The zero-order valence-corrected chi connectivity index (χ0v) is 13.9. The summed E-state index contributed by atoms with van der Waals surface area (Å²) >= 11 is 1.03. The van der Waals surface area contributed by atoms with Gasteiger partial charge in [0.2, 0.25) is 0 Å². The maximum atomic E-state index is 12.3. The molecule has 22 heavy (non-hydrogen) atoms. The van der Waals surface area contributed by atoms with E-state index in [9.17, 15) is 13.2 Å². The molecule has 9 heteroatoms. The van der Waals surface area contributed by atoms with Gasteiger partial charge in [-0.1, -0.05) is 6.92 Å². The van der Waals surface area contributed by atoms with Crippen LogP contribution in [-0.2, 0) is 23.0 Å². The summed E-state index contributed by atoms with van der Waals surface area (Å²) in [5.74, 6) is -0.182. The van der Waals surface area contributed by atoms with Gasteiger partial charge >= 0.3 is 0 Å². The van der Waals surface area contributed by atoms with E-state index in [0.717, 1.165) is 36.4 Å². The van der Waals surface area contributed by atoms with Crippen LogP contribution in [0.4, 0.5) is 0 Å². The van der Waals surface area contributed by atoms with Crippen LogP contribution < -0.4 is 4.72 Å². The van der Waals surface area contributed by atoms with Crippen LogP contribution in [0.2, 0.25) is 0 Å². The molecule has 1 amide bonds. The molecule has 0 aromatic carbocycles. The molecule has 118 valence electrons. The van der Waals surface area contributed by atoms with Crippen LogP contribution in [0.5, 0.6) is 0 Å². The van der Waals surface area contributed by atoms with Crippen LogP contribution in [0.1, 0.15) is 34.4 Å². The Hall–Kier alpha value is -1.74. The highest BCUT2D eigenvalue weighted by Gasteiger charge is 2.27. The summed E-state index contributed by atoms with van der Waals surface area (Å²) < 4.78 is 28.3. The molecule has 0 unspecified atom stereocenters. The predicted molar refractivity (Wildman–Crippen MR) is 81.2 cm³/mol. The molecule has 1 atom stereocenters. The van der Waals surface area contributed by atoms with Gasteiger partial charge in [-0.15, -0.1) is 11.3 Å². The van der Waals surface area contributed by atoms with E-state index in [4.69, 9.17) is 0 Å². The predicted octanol–water partition coefficient (Wildman–Crippen LogP) is 1.35. The maximum absolute atomic E-state index is 12.3. The topological polar surface area (TPSA) is 93.9 Å². The minimum Gasteiger partial charge on any atom is -0.269 e. The average Bonchev–Trinajstić information content (AvgIpc) is 3.04. The Balaban J connectivity index is 1.85. The second-order valence-electron chi connectivity index (χ2n) is 5.46. The van der Waals surface area contributed by atoms with Gasteiger partial charge < -0.3 is 0 Å². The highest BCUT2D eigenvalue weighted by atomic mass is 32.2. The lowest BCUT2D eigenvalue weighted by atomic mass is 9.96. The average molecular weight is 340 g/mol. The van der Waals surface area contributed by atoms with Gasteiger partial charge in [0, 0.05) is 6.54 Å². The molecule has 7 nitrogen and oxygen atoms in total. The first-order chi connectivity index (χ1) is 10.4. The van der Waals surface area contributed by atoms with Crippen molar-refractivity contribution in [2.45, 2.75) is 37.4 Å². The fraction of sp³-hybridized carbons (Fsp3) is 0.462. The molecule has 0 spiro atoms. The number of rotatable bonds is 3. The first-order valence-corrected chi connectivity index (χ1v) is 9.21. The molecule has 0 bridgehead atoms. The zero-order chi connectivity index (χ0) is 15.9. The Morgan fingerprint density at radius 2 is 2.23 bits per heavy atom. The van der Waals surface area contributed by atoms with Crippen LogP contribution in [-0.4, -0.2) is 29.1 Å². The second kappa shape index (κ2) is 5.47. The van der Waals surface area contributed by atoms with E-state index >= 15 is 0 Å². The number of fused-ring (bicyclic) bond motifs is 1. The summed E-state index contributed by atoms with van der Waals surface area (Å²) in [7, 11) is -3.89. The Bertz CT molecular complexity index is 822. The molecule has 0 saturated carbocycles. The summed E-state index contributed by atoms with van der Waals surface area (Å²) in [6, 6.07) is 0. The summed E-state index contributed by atoms with van der Waals surface area (Å²) in [5.41, 5.74) is 1.13. The zero-order valence-electron chi connectivity index (χ0n) is 12.2. The van der Waals surface area contributed by atoms with Crippen molar-refractivity contribution in [3.8, 4) is 0 Å². The van der Waals surface area contributed by atoms with Crippen LogP contribution >= 0.6 is 11.3 Å². The summed E-state index contributed by atoms with van der Waals surface area (Å²) in [6.07, 6.45) is 4.43. The number of hydrogen-bond acceptors (Lipinski definition) is 6. The molecule has 3 heterocycles. The number of carbonyl (C=O) groups excluding carboxylic acids is 1. The molecule has 1 N–H and O–H groups in total. The van der Waals surface area contributed by atoms with E-state index < -0.39 is 15.9 Å². The second-order valence-corrected chi connectivity index (χ2v) is 8.60. The van der Waals surface area contributed by atoms with Gasteiger partial charge in [0.05, 0.1) is 28.7 Å². The number of thiazole rings is 1. The monoisotopic (exact) mass is 340 g/mol. The summed E-state index contributed by atoms with van der Waals surface area (Å²) in [5, 5.41) is 4.80. The molecule has 2 aromatic heterocycles. The van der Waals surface area contributed by atoms with E-state index in [1.807, 2.05) is 0 Å². The number of nitrogens with one attached hydrogen (secondary N) is 1. The van der Waals surface area contributed by atoms with Gasteiger partial charge in [0.15, 0.2) is 4.21 Å². The largest absolute Gasteiger partial charge is 0.275 e. The van der Waals surface area contributed by atoms with E-state index in [1.54, 1.807) is 11.6 Å². The number of nitrogens with zero attached hydrogens (tertiary/aromatic N) is 3. The van der Waals surface area contributed by atoms with Crippen LogP contribution in [0.3, 0.4) is 0 Å². The summed E-state index contributed by atoms with van der Waals surface area (Å²) in [6.45, 7) is 4.57. The minimum absolute atomic E-state index is 0.0350. The highest BCUT2D eigenvalue weighted by Crippen LogP contribution is 2.23. The quantitative estimate of drug-likeness (QED) is 0.910. The van der Waals surface area contributed by atoms with Gasteiger partial charge in [-0.05, 0) is 25.7 Å². The van der Waals surface area contributed by atoms with Gasteiger partial charge in [-0.25, -0.2) is 18.1 Å². The van der Waals surface area contributed by atoms with Crippen LogP contribution in [0.15, 0.2) is 16.6 Å². The fourth-order valence-electron chi connectivity index (χ4n) is 2.48. The molecular formula is C13H16N4O3S2. The molecule has 0 aliphatic carbocycles. The van der Waals surface area contributed by atoms with E-state index in [2.05, 4.69) is 21.7 Å². The number of aromatic nitrogens is 3. The lowest BCUT2D eigenvalue weighted by Gasteiger charge is -2.20. The van der Waals surface area contributed by atoms with Crippen LogP contribution in [0.25, 0.3) is 0 Å². The SMILES string of the molecule is Cc1ncc(S(=O)(=O)NC(=O)c2cnn3c2C[C@@H](C)CC3)s1. The van der Waals surface area contributed by atoms with Crippen LogP contribution in [0, 0.1) is 12.8 Å². The molecule has 0 radical (unpaired) electrons. The van der Waals surface area contributed by atoms with Crippen molar-refractivity contribution in [1.29, 1.82) is 0 Å². The minimum atomic E-state index is -3.89. The Kier molecular flexibility index (Phi) is 3.77. The maximum Gasteiger partial charge on any atom is 0.275 e. The fourth-order valence-corrected chi connectivity index (χ4v) is 4.55. The molecule has 0 fully saturated rings. The molecular weight excluding hydrogens is 324 g/mol. The normalized spacial score (nSPS) is 18.0. The number of carbonyl (C=O) groups is 1.